The summed E-state index contributed by atoms with van der Waals surface area (Å²) in [5.41, 5.74) is 0. The quantitative estimate of drug-likeness (QED) is 0.897. The summed E-state index contributed by atoms with van der Waals surface area (Å²) in [5, 5.41) is 4.79. The first-order valence-electron chi connectivity index (χ1n) is 7.49. The predicted molar refractivity (Wildman–Crippen MR) is 80.8 cm³/mol. The van der Waals surface area contributed by atoms with Gasteiger partial charge in [0.25, 0.3) is 0 Å². The van der Waals surface area contributed by atoms with E-state index in [-0.39, 0.29) is 18.9 Å². The smallest absolute Gasteiger partial charge is 0.354 e. The lowest BCUT2D eigenvalue weighted by atomic mass is 9.96. The molecule has 1 aromatic rings. The van der Waals surface area contributed by atoms with E-state index >= 15 is 0 Å². The van der Waals surface area contributed by atoms with Crippen LogP contribution in [0.15, 0.2) is 17.5 Å². The van der Waals surface area contributed by atoms with E-state index in [9.17, 15) is 18.0 Å². The van der Waals surface area contributed by atoms with Crippen molar-refractivity contribution in [3.63, 3.8) is 0 Å². The van der Waals surface area contributed by atoms with Crippen LogP contribution in [0.4, 0.5) is 13.2 Å². The van der Waals surface area contributed by atoms with Gasteiger partial charge in [0.2, 0.25) is 5.91 Å². The predicted octanol–water partition coefficient (Wildman–Crippen LogP) is 3.07. The summed E-state index contributed by atoms with van der Waals surface area (Å²) in [5.74, 6) is -1.51. The van der Waals surface area contributed by atoms with Crippen LogP contribution in [0.5, 0.6) is 0 Å². The largest absolute Gasteiger partial charge is 0.393 e. The van der Waals surface area contributed by atoms with Crippen molar-refractivity contribution >= 4 is 17.2 Å². The first-order chi connectivity index (χ1) is 10.4. The van der Waals surface area contributed by atoms with Gasteiger partial charge in [-0.1, -0.05) is 6.07 Å². The van der Waals surface area contributed by atoms with Crippen molar-refractivity contribution < 1.29 is 18.0 Å². The zero-order chi connectivity index (χ0) is 16.2. The molecule has 1 aliphatic rings. The molecule has 1 amide bonds. The number of piperidine rings is 1. The topological polar surface area (TPSA) is 32.3 Å². The van der Waals surface area contributed by atoms with E-state index in [0.29, 0.717) is 19.5 Å². The second-order valence-corrected chi connectivity index (χ2v) is 6.70. The molecule has 2 rings (SSSR count). The lowest BCUT2D eigenvalue weighted by molar-refractivity contribution is -0.188. The highest BCUT2D eigenvalue weighted by molar-refractivity contribution is 7.09. The number of halogens is 3. The molecule has 1 aliphatic heterocycles. The molecule has 1 fully saturated rings. The van der Waals surface area contributed by atoms with Gasteiger partial charge in [-0.15, -0.1) is 11.3 Å². The maximum absolute atomic E-state index is 12.8. The van der Waals surface area contributed by atoms with Gasteiger partial charge in [0.1, 0.15) is 0 Å². The van der Waals surface area contributed by atoms with E-state index in [1.54, 1.807) is 23.2 Å². The molecule has 0 aromatic carbocycles. The molecule has 7 heteroatoms. The van der Waals surface area contributed by atoms with Crippen molar-refractivity contribution in [1.29, 1.82) is 0 Å². The third-order valence-electron chi connectivity index (χ3n) is 4.09. The van der Waals surface area contributed by atoms with E-state index < -0.39 is 18.1 Å². The minimum absolute atomic E-state index is 0.0803. The van der Waals surface area contributed by atoms with Crippen molar-refractivity contribution in [3.05, 3.63) is 22.4 Å². The number of carbonyl (C=O) groups is 1. The van der Waals surface area contributed by atoms with E-state index in [0.717, 1.165) is 6.42 Å². The number of nitrogens with one attached hydrogen (secondary N) is 1. The van der Waals surface area contributed by atoms with E-state index in [4.69, 9.17) is 0 Å². The molecule has 124 valence electrons. The van der Waals surface area contributed by atoms with Crippen LogP contribution in [0.2, 0.25) is 0 Å². The normalized spacial score (nSPS) is 21.5. The van der Waals surface area contributed by atoms with Crippen LogP contribution >= 0.6 is 11.3 Å². The molecular weight excluding hydrogens is 313 g/mol. The Hall–Kier alpha value is -1.08. The van der Waals surface area contributed by atoms with Crippen molar-refractivity contribution in [2.75, 3.05) is 19.6 Å². The molecule has 0 spiro atoms. The summed E-state index contributed by atoms with van der Waals surface area (Å²) in [6, 6.07) is 3.43. The van der Waals surface area contributed by atoms with Gasteiger partial charge in [-0.25, -0.2) is 0 Å². The lowest BCUT2D eigenvalue weighted by Gasteiger charge is -2.36. The minimum atomic E-state index is -4.17. The molecule has 22 heavy (non-hydrogen) atoms. The van der Waals surface area contributed by atoms with Gasteiger partial charge in [-0.3, -0.25) is 9.69 Å². The third-order valence-corrected chi connectivity index (χ3v) is 5.03. The number of thiophene rings is 1. The average molecular weight is 334 g/mol. The zero-order valence-corrected chi connectivity index (χ0v) is 13.3. The van der Waals surface area contributed by atoms with Gasteiger partial charge in [-0.2, -0.15) is 13.2 Å². The van der Waals surface area contributed by atoms with Gasteiger partial charge in [0.05, 0.1) is 12.0 Å². The lowest BCUT2D eigenvalue weighted by Crippen LogP contribution is -2.51. The Labute approximate surface area is 132 Å². The van der Waals surface area contributed by atoms with Gasteiger partial charge >= 0.3 is 6.18 Å². The zero-order valence-electron chi connectivity index (χ0n) is 12.5. The number of hydrogen-bond acceptors (Lipinski definition) is 3. The Morgan fingerprint density at radius 2 is 2.32 bits per heavy atom. The van der Waals surface area contributed by atoms with Crippen LogP contribution < -0.4 is 5.32 Å². The summed E-state index contributed by atoms with van der Waals surface area (Å²) >= 11 is 1.63. The summed E-state index contributed by atoms with van der Waals surface area (Å²) in [4.78, 5) is 14.9. The highest BCUT2D eigenvalue weighted by Crippen LogP contribution is 2.33. The first kappa shape index (κ1) is 17.3. The monoisotopic (exact) mass is 334 g/mol. The number of rotatable bonds is 5. The molecule has 1 saturated heterocycles. The second-order valence-electron chi connectivity index (χ2n) is 5.67. The highest BCUT2D eigenvalue weighted by Gasteiger charge is 2.43. The third kappa shape index (κ3) is 4.71. The first-order valence-corrected chi connectivity index (χ1v) is 8.36. The fourth-order valence-corrected chi connectivity index (χ4v) is 3.41. The molecule has 2 heterocycles. The Balaban J connectivity index is 1.79. The molecule has 0 radical (unpaired) electrons. The van der Waals surface area contributed by atoms with Gasteiger partial charge < -0.3 is 5.32 Å². The maximum atomic E-state index is 12.8. The average Bonchev–Trinajstić information content (AvgIpc) is 2.99. The van der Waals surface area contributed by atoms with Crippen LogP contribution in [0, 0.1) is 5.92 Å². The van der Waals surface area contributed by atoms with Crippen LogP contribution in [0.25, 0.3) is 0 Å². The van der Waals surface area contributed by atoms with Crippen LogP contribution in [0.3, 0.4) is 0 Å². The van der Waals surface area contributed by atoms with Gasteiger partial charge in [0, 0.05) is 18.0 Å². The highest BCUT2D eigenvalue weighted by atomic mass is 32.1. The maximum Gasteiger partial charge on any atom is 0.393 e. The van der Waals surface area contributed by atoms with Crippen LogP contribution in [0.1, 0.15) is 24.6 Å². The molecule has 1 aromatic heterocycles. The SMILES string of the molecule is C[C@@H](C(=O)NCCc1cccs1)N1CCC[C@H](C(F)(F)F)C1. The molecular formula is C15H21F3N2OS. The van der Waals surface area contributed by atoms with Crippen molar-refractivity contribution in [2.45, 2.75) is 38.4 Å². The molecule has 0 unspecified atom stereocenters. The summed E-state index contributed by atoms with van der Waals surface area (Å²) in [6.07, 6.45) is -2.78. The van der Waals surface area contributed by atoms with E-state index in [1.165, 1.54) is 4.88 Å². The Morgan fingerprint density at radius 1 is 1.55 bits per heavy atom. The summed E-state index contributed by atoms with van der Waals surface area (Å²) in [7, 11) is 0. The molecule has 0 bridgehead atoms. The fourth-order valence-electron chi connectivity index (χ4n) is 2.70. The second kappa shape index (κ2) is 7.46. The van der Waals surface area contributed by atoms with Gasteiger partial charge in [0.15, 0.2) is 0 Å². The van der Waals surface area contributed by atoms with Crippen molar-refractivity contribution in [2.24, 2.45) is 5.92 Å². The van der Waals surface area contributed by atoms with Crippen LogP contribution in [-0.4, -0.2) is 42.7 Å². The molecule has 1 N–H and O–H groups in total. The van der Waals surface area contributed by atoms with Gasteiger partial charge in [-0.05, 0) is 44.2 Å². The molecule has 0 saturated carbocycles. The molecule has 2 atom stereocenters. The van der Waals surface area contributed by atoms with Crippen molar-refractivity contribution in [3.8, 4) is 0 Å². The number of likely N-dealkylation sites (tertiary alicyclic amines) is 1. The number of nitrogens with zero attached hydrogens (tertiary/aromatic N) is 1. The number of alkyl halides is 3. The Morgan fingerprint density at radius 3 is 2.95 bits per heavy atom. The number of carbonyl (C=O) groups excluding carboxylic acids is 1. The van der Waals surface area contributed by atoms with Crippen molar-refractivity contribution in [1.82, 2.24) is 10.2 Å². The Kier molecular flexibility index (Phi) is 5.86. The molecule has 0 aliphatic carbocycles. The van der Waals surface area contributed by atoms with E-state index in [2.05, 4.69) is 5.32 Å². The Bertz CT molecular complexity index is 476. The summed E-state index contributed by atoms with van der Waals surface area (Å²) < 4.78 is 38.4. The summed E-state index contributed by atoms with van der Waals surface area (Å²) in [6.45, 7) is 2.66. The van der Waals surface area contributed by atoms with E-state index in [1.807, 2.05) is 17.5 Å². The van der Waals surface area contributed by atoms with Crippen LogP contribution in [-0.2, 0) is 11.2 Å². The number of amides is 1. The standard InChI is InChI=1S/C15H21F3N2OS/c1-11(14(21)19-7-6-13-5-3-9-22-13)20-8-2-4-12(10-20)15(16,17)18/h3,5,9,11-12H,2,4,6-8,10H2,1H3,(H,19,21)/t11-,12-/m0/s1. The number of hydrogen-bond donors (Lipinski definition) is 1. The fraction of sp³-hybridized carbons (Fsp3) is 0.667. The minimum Gasteiger partial charge on any atom is -0.354 e. The molecule has 3 nitrogen and oxygen atoms in total.